The van der Waals surface area contributed by atoms with Gasteiger partial charge in [0, 0.05) is 6.54 Å². The molecule has 4 nitrogen and oxygen atoms in total. The Morgan fingerprint density at radius 1 is 1.16 bits per heavy atom. The van der Waals surface area contributed by atoms with Crippen molar-refractivity contribution in [2.45, 2.75) is 33.8 Å². The zero-order valence-electron chi connectivity index (χ0n) is 18.7. The Bertz CT molecular complexity index is 955. The number of nitriles is 1. The summed E-state index contributed by atoms with van der Waals surface area (Å²) in [6.45, 7) is 6.32. The fourth-order valence-corrected chi connectivity index (χ4v) is 2.89. The first-order valence-corrected chi connectivity index (χ1v) is 9.93. The maximum absolute atomic E-state index is 13.5. The molecule has 0 aliphatic carbocycles. The summed E-state index contributed by atoms with van der Waals surface area (Å²) in [5.41, 5.74) is 3.26. The molecule has 166 valence electrons. The number of hydrogen-bond acceptors (Lipinski definition) is 4. The van der Waals surface area contributed by atoms with Gasteiger partial charge in [-0.3, -0.25) is 4.79 Å². The quantitative estimate of drug-likeness (QED) is 0.522. The fourth-order valence-electron chi connectivity index (χ4n) is 2.89. The number of halogens is 2. The lowest BCUT2D eigenvalue weighted by Crippen LogP contribution is -2.23. The van der Waals surface area contributed by atoms with Crippen molar-refractivity contribution in [3.05, 3.63) is 76.6 Å². The van der Waals surface area contributed by atoms with Crippen LogP contribution in [0.2, 0.25) is 0 Å². The Labute approximate surface area is 190 Å². The molecule has 0 unspecified atom stereocenters. The molecule has 2 aromatic carbocycles. The van der Waals surface area contributed by atoms with E-state index < -0.39 is 5.41 Å². The summed E-state index contributed by atoms with van der Waals surface area (Å²) in [7, 11) is 4.01. The average Bonchev–Trinajstić information content (AvgIpc) is 2.69. The van der Waals surface area contributed by atoms with Crippen LogP contribution in [0.3, 0.4) is 0 Å². The van der Waals surface area contributed by atoms with Gasteiger partial charge >= 0.3 is 5.97 Å². The molecule has 0 aliphatic rings. The first-order chi connectivity index (χ1) is 14.1. The first-order valence-electron chi connectivity index (χ1n) is 9.93. The van der Waals surface area contributed by atoms with E-state index in [-0.39, 0.29) is 30.8 Å². The van der Waals surface area contributed by atoms with Crippen molar-refractivity contribution in [3.63, 3.8) is 0 Å². The third-order valence-corrected chi connectivity index (χ3v) is 4.58. The number of carbonyl (C=O) groups excluding carboxylic acids is 1. The molecule has 6 heteroatoms. The van der Waals surface area contributed by atoms with Gasteiger partial charge in [-0.25, -0.2) is 4.39 Å². The van der Waals surface area contributed by atoms with Gasteiger partial charge in [0.1, 0.15) is 12.4 Å². The average molecular weight is 445 g/mol. The number of nitrogens with zero attached hydrogens (tertiary/aromatic N) is 2. The summed E-state index contributed by atoms with van der Waals surface area (Å²) in [5.74, 6) is -0.610. The van der Waals surface area contributed by atoms with Gasteiger partial charge in [0.15, 0.2) is 0 Å². The molecule has 0 bridgehead atoms. The van der Waals surface area contributed by atoms with E-state index in [0.717, 1.165) is 35.2 Å². The minimum Gasteiger partial charge on any atom is -0.460 e. The summed E-state index contributed by atoms with van der Waals surface area (Å²) >= 11 is 0. The molecule has 0 aromatic heterocycles. The van der Waals surface area contributed by atoms with Gasteiger partial charge in [0.05, 0.1) is 17.0 Å². The summed E-state index contributed by atoms with van der Waals surface area (Å²) in [4.78, 5) is 14.4. The standard InChI is InChI=1S/C25H29FN2O2.ClH/c1-25(2,3)24(29)30-17-20-15-18(16-27)8-13-23(20)22(7-6-14-28(4)5)19-9-11-21(26)12-10-19;/h7-13,15H,6,14,17H2,1-5H3;1H. The Balaban J connectivity index is 0.00000480. The maximum Gasteiger partial charge on any atom is 0.311 e. The van der Waals surface area contributed by atoms with E-state index in [0.29, 0.717) is 5.56 Å². The van der Waals surface area contributed by atoms with Crippen LogP contribution in [0.5, 0.6) is 0 Å². The third kappa shape index (κ3) is 7.82. The van der Waals surface area contributed by atoms with E-state index in [4.69, 9.17) is 4.74 Å². The molecule has 0 saturated carbocycles. The molecule has 0 saturated heterocycles. The molecule has 0 N–H and O–H groups in total. The van der Waals surface area contributed by atoms with Crippen LogP contribution in [0.4, 0.5) is 4.39 Å². The normalized spacial score (nSPS) is 11.6. The van der Waals surface area contributed by atoms with E-state index in [1.54, 1.807) is 45.0 Å². The second kappa shape index (κ2) is 11.6. The number of ether oxygens (including phenoxy) is 1. The molecule has 0 amide bonds. The van der Waals surface area contributed by atoms with Crippen LogP contribution < -0.4 is 0 Å². The monoisotopic (exact) mass is 444 g/mol. The molecule has 0 fully saturated rings. The van der Waals surface area contributed by atoms with Gasteiger partial charge in [0.25, 0.3) is 0 Å². The highest BCUT2D eigenvalue weighted by Crippen LogP contribution is 2.29. The predicted octanol–water partition coefficient (Wildman–Crippen LogP) is 5.59. The Hall–Kier alpha value is -2.68. The molecule has 0 radical (unpaired) electrons. The van der Waals surface area contributed by atoms with Gasteiger partial charge in [0.2, 0.25) is 0 Å². The zero-order valence-corrected chi connectivity index (χ0v) is 19.6. The summed E-state index contributed by atoms with van der Waals surface area (Å²) < 4.78 is 19.0. The lowest BCUT2D eigenvalue weighted by atomic mass is 9.92. The number of rotatable bonds is 7. The van der Waals surface area contributed by atoms with E-state index in [1.165, 1.54) is 12.1 Å². The van der Waals surface area contributed by atoms with Crippen LogP contribution in [0.25, 0.3) is 5.57 Å². The number of benzene rings is 2. The smallest absolute Gasteiger partial charge is 0.311 e. The van der Waals surface area contributed by atoms with Crippen molar-refractivity contribution in [2.75, 3.05) is 20.6 Å². The number of esters is 1. The SMILES string of the molecule is CN(C)CCC=C(c1ccc(F)cc1)c1ccc(C#N)cc1COC(=O)C(C)(C)C.Cl. The van der Waals surface area contributed by atoms with Gasteiger partial charge in [-0.15, -0.1) is 12.4 Å². The van der Waals surface area contributed by atoms with Gasteiger partial charge in [-0.1, -0.05) is 24.3 Å². The Kier molecular flexibility index (Phi) is 9.90. The van der Waals surface area contributed by atoms with Crippen molar-refractivity contribution in [3.8, 4) is 6.07 Å². The Morgan fingerprint density at radius 3 is 2.35 bits per heavy atom. The van der Waals surface area contributed by atoms with Crippen molar-refractivity contribution >= 4 is 23.9 Å². The van der Waals surface area contributed by atoms with Crippen molar-refractivity contribution in [2.24, 2.45) is 5.41 Å². The molecular formula is C25H30ClFN2O2. The van der Waals surface area contributed by atoms with Crippen LogP contribution in [0, 0.1) is 22.6 Å². The van der Waals surface area contributed by atoms with E-state index in [1.807, 2.05) is 20.2 Å². The second-order valence-electron chi connectivity index (χ2n) is 8.53. The molecule has 0 spiro atoms. The van der Waals surface area contributed by atoms with Crippen LogP contribution in [-0.4, -0.2) is 31.5 Å². The second-order valence-corrected chi connectivity index (χ2v) is 8.53. The van der Waals surface area contributed by atoms with Crippen molar-refractivity contribution in [1.82, 2.24) is 4.90 Å². The molecule has 0 atom stereocenters. The van der Waals surface area contributed by atoms with Crippen LogP contribution in [-0.2, 0) is 16.1 Å². The van der Waals surface area contributed by atoms with Crippen LogP contribution in [0.15, 0.2) is 48.5 Å². The van der Waals surface area contributed by atoms with Gasteiger partial charge in [-0.2, -0.15) is 5.26 Å². The third-order valence-electron chi connectivity index (χ3n) is 4.58. The van der Waals surface area contributed by atoms with Crippen molar-refractivity contribution in [1.29, 1.82) is 5.26 Å². The summed E-state index contributed by atoms with van der Waals surface area (Å²) in [6.07, 6.45) is 2.89. The van der Waals surface area contributed by atoms with Gasteiger partial charge in [-0.05, 0) is 87.8 Å². The molecular weight excluding hydrogens is 415 g/mol. The fraction of sp³-hybridized carbons (Fsp3) is 0.360. The predicted molar refractivity (Wildman–Crippen MR) is 124 cm³/mol. The minimum absolute atomic E-state index is 0. The molecule has 0 aliphatic heterocycles. The topological polar surface area (TPSA) is 53.3 Å². The zero-order chi connectivity index (χ0) is 22.3. The van der Waals surface area contributed by atoms with E-state index in [9.17, 15) is 14.4 Å². The van der Waals surface area contributed by atoms with Gasteiger partial charge < -0.3 is 9.64 Å². The molecule has 0 heterocycles. The summed E-state index contributed by atoms with van der Waals surface area (Å²) in [6, 6.07) is 13.8. The highest BCUT2D eigenvalue weighted by molar-refractivity contribution is 5.85. The van der Waals surface area contributed by atoms with E-state index >= 15 is 0 Å². The van der Waals surface area contributed by atoms with Crippen LogP contribution >= 0.6 is 12.4 Å². The minimum atomic E-state index is -0.617. The number of carbonyl (C=O) groups is 1. The maximum atomic E-state index is 13.5. The van der Waals surface area contributed by atoms with Crippen LogP contribution in [0.1, 0.15) is 49.4 Å². The summed E-state index contributed by atoms with van der Waals surface area (Å²) in [5, 5.41) is 9.33. The highest BCUT2D eigenvalue weighted by atomic mass is 35.5. The number of hydrogen-bond donors (Lipinski definition) is 0. The van der Waals surface area contributed by atoms with E-state index in [2.05, 4.69) is 17.0 Å². The lowest BCUT2D eigenvalue weighted by Gasteiger charge is -2.19. The van der Waals surface area contributed by atoms with Crippen molar-refractivity contribution < 1.29 is 13.9 Å². The Morgan fingerprint density at radius 2 is 1.81 bits per heavy atom. The molecule has 2 rings (SSSR count). The molecule has 2 aromatic rings. The lowest BCUT2D eigenvalue weighted by molar-refractivity contribution is -0.154. The molecule has 31 heavy (non-hydrogen) atoms. The first kappa shape index (κ1) is 26.4. The largest absolute Gasteiger partial charge is 0.460 e. The highest BCUT2D eigenvalue weighted by Gasteiger charge is 2.23.